The summed E-state index contributed by atoms with van der Waals surface area (Å²) in [7, 11) is 0. The Balaban J connectivity index is 0.00000208. The summed E-state index contributed by atoms with van der Waals surface area (Å²) in [6, 6.07) is 5.70. The standard InChI is InChI=1S/C16H20ClN3O2S.ClH/c17-11-1-2-13-12(9-11)20-14(23-13)3-6-19-15(21)16(10-18)4-7-22-8-5-16;/h1-2,9H,3-8,10,18H2,(H,19,21);1H. The smallest absolute Gasteiger partial charge is 0.227 e. The Morgan fingerprint density at radius 2 is 2.17 bits per heavy atom. The molecule has 1 aliphatic heterocycles. The first-order valence-electron chi connectivity index (χ1n) is 7.74. The summed E-state index contributed by atoms with van der Waals surface area (Å²) in [5.41, 5.74) is 6.28. The second-order valence-corrected chi connectivity index (χ2v) is 7.37. The highest BCUT2D eigenvalue weighted by Gasteiger charge is 2.38. The Kier molecular flexibility index (Phi) is 6.83. The molecule has 1 aliphatic rings. The molecule has 0 spiro atoms. The molecule has 5 nitrogen and oxygen atoms in total. The fourth-order valence-corrected chi connectivity index (χ4v) is 3.93. The molecule has 0 radical (unpaired) electrons. The zero-order chi connectivity index (χ0) is 16.3. The van der Waals surface area contributed by atoms with Crippen LogP contribution in [0.2, 0.25) is 5.02 Å². The topological polar surface area (TPSA) is 77.2 Å². The first-order chi connectivity index (χ1) is 11.1. The molecule has 1 saturated heterocycles. The van der Waals surface area contributed by atoms with Gasteiger partial charge in [-0.2, -0.15) is 0 Å². The summed E-state index contributed by atoms with van der Waals surface area (Å²) in [6.45, 7) is 2.13. The van der Waals surface area contributed by atoms with Crippen LogP contribution in [0.3, 0.4) is 0 Å². The summed E-state index contributed by atoms with van der Waals surface area (Å²) in [5, 5.41) is 4.70. The van der Waals surface area contributed by atoms with Gasteiger partial charge in [0.15, 0.2) is 0 Å². The molecule has 8 heteroatoms. The Hall–Kier alpha value is -0.920. The van der Waals surface area contributed by atoms with Gasteiger partial charge in [-0.1, -0.05) is 11.6 Å². The van der Waals surface area contributed by atoms with Crippen molar-refractivity contribution in [2.24, 2.45) is 11.1 Å². The molecule has 0 bridgehead atoms. The number of nitrogens with zero attached hydrogens (tertiary/aromatic N) is 1. The summed E-state index contributed by atoms with van der Waals surface area (Å²) in [5.74, 6) is 0.0347. The lowest BCUT2D eigenvalue weighted by atomic mass is 9.79. The van der Waals surface area contributed by atoms with E-state index in [0.717, 1.165) is 15.2 Å². The van der Waals surface area contributed by atoms with E-state index >= 15 is 0 Å². The maximum Gasteiger partial charge on any atom is 0.227 e. The summed E-state index contributed by atoms with van der Waals surface area (Å²) >= 11 is 7.61. The molecular weight excluding hydrogens is 369 g/mol. The second-order valence-electron chi connectivity index (χ2n) is 5.82. The molecule has 0 saturated carbocycles. The van der Waals surface area contributed by atoms with Crippen molar-refractivity contribution in [2.75, 3.05) is 26.3 Å². The molecule has 3 rings (SSSR count). The van der Waals surface area contributed by atoms with Gasteiger partial charge in [0.25, 0.3) is 0 Å². The van der Waals surface area contributed by atoms with E-state index in [1.807, 2.05) is 18.2 Å². The predicted octanol–water partition coefficient (Wildman–Crippen LogP) is 2.79. The average molecular weight is 390 g/mol. The molecular formula is C16H21Cl2N3O2S. The number of rotatable bonds is 5. The van der Waals surface area contributed by atoms with E-state index in [2.05, 4.69) is 10.3 Å². The van der Waals surface area contributed by atoms with Crippen LogP contribution < -0.4 is 11.1 Å². The molecule has 1 fully saturated rings. The quantitative estimate of drug-likeness (QED) is 0.823. The molecule has 1 aromatic carbocycles. The van der Waals surface area contributed by atoms with Crippen LogP contribution in [0, 0.1) is 5.41 Å². The minimum absolute atomic E-state index is 0. The fraction of sp³-hybridized carbons (Fsp3) is 0.500. The van der Waals surface area contributed by atoms with Crippen molar-refractivity contribution < 1.29 is 9.53 Å². The molecule has 1 amide bonds. The van der Waals surface area contributed by atoms with Crippen molar-refractivity contribution in [1.82, 2.24) is 10.3 Å². The van der Waals surface area contributed by atoms with E-state index in [1.54, 1.807) is 11.3 Å². The number of nitrogens with two attached hydrogens (primary N) is 1. The van der Waals surface area contributed by atoms with E-state index < -0.39 is 5.41 Å². The number of benzene rings is 1. The highest BCUT2D eigenvalue weighted by Crippen LogP contribution is 2.29. The average Bonchev–Trinajstić information content (AvgIpc) is 2.97. The number of nitrogens with one attached hydrogen (secondary N) is 1. The third kappa shape index (κ3) is 4.18. The Morgan fingerprint density at radius 3 is 2.88 bits per heavy atom. The molecule has 0 aliphatic carbocycles. The number of aromatic nitrogens is 1. The van der Waals surface area contributed by atoms with Gasteiger partial charge in [0, 0.05) is 37.7 Å². The van der Waals surface area contributed by atoms with Crippen molar-refractivity contribution in [3.63, 3.8) is 0 Å². The van der Waals surface area contributed by atoms with Gasteiger partial charge in [0.05, 0.1) is 20.6 Å². The van der Waals surface area contributed by atoms with E-state index in [1.165, 1.54) is 0 Å². The van der Waals surface area contributed by atoms with Crippen molar-refractivity contribution in [2.45, 2.75) is 19.3 Å². The zero-order valence-corrected chi connectivity index (χ0v) is 15.6. The lowest BCUT2D eigenvalue weighted by Gasteiger charge is -2.34. The van der Waals surface area contributed by atoms with Crippen molar-refractivity contribution >= 4 is 51.5 Å². The largest absolute Gasteiger partial charge is 0.381 e. The van der Waals surface area contributed by atoms with Gasteiger partial charge in [-0.05, 0) is 31.0 Å². The number of carbonyl (C=O) groups is 1. The van der Waals surface area contributed by atoms with E-state index in [-0.39, 0.29) is 18.3 Å². The van der Waals surface area contributed by atoms with Crippen LogP contribution in [-0.4, -0.2) is 37.2 Å². The number of hydrogen-bond acceptors (Lipinski definition) is 5. The van der Waals surface area contributed by atoms with Crippen molar-refractivity contribution in [3.05, 3.63) is 28.2 Å². The van der Waals surface area contributed by atoms with Crippen LogP contribution in [0.15, 0.2) is 18.2 Å². The van der Waals surface area contributed by atoms with E-state index in [4.69, 9.17) is 22.1 Å². The molecule has 1 aromatic heterocycles. The second kappa shape index (κ2) is 8.45. The third-order valence-corrected chi connectivity index (χ3v) is 5.67. The molecule has 0 atom stereocenters. The van der Waals surface area contributed by atoms with Gasteiger partial charge in [-0.25, -0.2) is 4.98 Å². The Bertz CT molecular complexity index is 702. The third-order valence-electron chi connectivity index (χ3n) is 4.34. The molecule has 3 N–H and O–H groups in total. The zero-order valence-electron chi connectivity index (χ0n) is 13.2. The van der Waals surface area contributed by atoms with Crippen LogP contribution in [0.1, 0.15) is 17.8 Å². The maximum atomic E-state index is 12.5. The summed E-state index contributed by atoms with van der Waals surface area (Å²) in [6.07, 6.45) is 2.09. The summed E-state index contributed by atoms with van der Waals surface area (Å²) < 4.78 is 6.45. The van der Waals surface area contributed by atoms with Gasteiger partial charge in [0.2, 0.25) is 5.91 Å². The molecule has 0 unspecified atom stereocenters. The predicted molar refractivity (Wildman–Crippen MR) is 100 cm³/mol. The number of thiazole rings is 1. The summed E-state index contributed by atoms with van der Waals surface area (Å²) in [4.78, 5) is 17.0. The van der Waals surface area contributed by atoms with Crippen LogP contribution in [0.25, 0.3) is 10.2 Å². The van der Waals surface area contributed by atoms with E-state index in [9.17, 15) is 4.79 Å². The minimum atomic E-state index is -0.473. The lowest BCUT2D eigenvalue weighted by molar-refractivity contribution is -0.135. The van der Waals surface area contributed by atoms with Gasteiger partial charge in [0.1, 0.15) is 0 Å². The van der Waals surface area contributed by atoms with Crippen molar-refractivity contribution in [1.29, 1.82) is 0 Å². The number of hydrogen-bond donors (Lipinski definition) is 2. The van der Waals surface area contributed by atoms with Crippen LogP contribution in [-0.2, 0) is 16.0 Å². The molecule has 2 aromatic rings. The highest BCUT2D eigenvalue weighted by molar-refractivity contribution is 7.18. The van der Waals surface area contributed by atoms with Crippen LogP contribution in [0.5, 0.6) is 0 Å². The van der Waals surface area contributed by atoms with Gasteiger partial charge in [-0.3, -0.25) is 4.79 Å². The Labute approximate surface area is 156 Å². The first-order valence-corrected chi connectivity index (χ1v) is 8.93. The molecule has 2 heterocycles. The maximum absolute atomic E-state index is 12.5. The van der Waals surface area contributed by atoms with E-state index in [0.29, 0.717) is 50.6 Å². The highest BCUT2D eigenvalue weighted by atomic mass is 35.5. The van der Waals surface area contributed by atoms with Gasteiger partial charge < -0.3 is 15.8 Å². The minimum Gasteiger partial charge on any atom is -0.381 e. The van der Waals surface area contributed by atoms with Gasteiger partial charge in [-0.15, -0.1) is 23.7 Å². The lowest BCUT2D eigenvalue weighted by Crippen LogP contribution is -2.49. The molecule has 132 valence electrons. The number of carbonyl (C=O) groups excluding carboxylic acids is 1. The first kappa shape index (κ1) is 19.4. The van der Waals surface area contributed by atoms with Crippen LogP contribution >= 0.6 is 35.3 Å². The number of amides is 1. The van der Waals surface area contributed by atoms with Crippen molar-refractivity contribution in [3.8, 4) is 0 Å². The normalized spacial score (nSPS) is 16.6. The molecule has 24 heavy (non-hydrogen) atoms. The number of halogens is 2. The number of fused-ring (bicyclic) bond motifs is 1. The SMILES string of the molecule is Cl.NCC1(C(=O)NCCc2nc3cc(Cl)ccc3s2)CCOCC1. The number of ether oxygens (including phenoxy) is 1. The Morgan fingerprint density at radius 1 is 1.42 bits per heavy atom. The van der Waals surface area contributed by atoms with Crippen LogP contribution in [0.4, 0.5) is 0 Å². The van der Waals surface area contributed by atoms with Gasteiger partial charge >= 0.3 is 0 Å². The fourth-order valence-electron chi connectivity index (χ4n) is 2.81. The monoisotopic (exact) mass is 389 g/mol.